The number of imide groups is 2. The second-order valence-electron chi connectivity index (χ2n) is 6.41. The summed E-state index contributed by atoms with van der Waals surface area (Å²) in [5.41, 5.74) is 1.49. The number of carbonyl (C=O) groups is 4. The number of hydrogen-bond donors (Lipinski definition) is 0. The Kier molecular flexibility index (Phi) is 4.87. The van der Waals surface area contributed by atoms with E-state index in [1.807, 2.05) is 30.3 Å². The molecule has 0 aliphatic carbocycles. The van der Waals surface area contributed by atoms with Crippen molar-refractivity contribution in [3.63, 3.8) is 0 Å². The molecule has 0 N–H and O–H groups in total. The molecule has 0 radical (unpaired) electrons. The number of carbonyl (C=O) groups excluding carboxylic acids is 4. The molecule has 1 saturated heterocycles. The first-order valence-electron chi connectivity index (χ1n) is 8.79. The molecule has 0 atom stereocenters. The quantitative estimate of drug-likeness (QED) is 0.585. The smallest absolute Gasteiger partial charge is 0.309 e. The van der Waals surface area contributed by atoms with Crippen molar-refractivity contribution in [1.82, 2.24) is 9.80 Å². The van der Waals surface area contributed by atoms with Crippen molar-refractivity contribution in [2.75, 3.05) is 23.7 Å². The molecular formula is C20H17N3O4S. The van der Waals surface area contributed by atoms with E-state index in [0.29, 0.717) is 6.54 Å². The summed E-state index contributed by atoms with van der Waals surface area (Å²) in [7, 11) is 0. The van der Waals surface area contributed by atoms with Crippen LogP contribution < -0.4 is 4.90 Å². The number of amides is 5. The second-order valence-corrected chi connectivity index (χ2v) is 7.55. The van der Waals surface area contributed by atoms with Crippen LogP contribution in [-0.4, -0.2) is 52.4 Å². The topological polar surface area (TPSA) is 78.0 Å². The van der Waals surface area contributed by atoms with Crippen LogP contribution >= 0.6 is 11.8 Å². The Hall–Kier alpha value is -3.13. The number of hydrogen-bond acceptors (Lipinski definition) is 5. The summed E-state index contributed by atoms with van der Waals surface area (Å²) in [6.07, 6.45) is 0. The Labute approximate surface area is 165 Å². The minimum absolute atomic E-state index is 0.00186. The van der Waals surface area contributed by atoms with Crippen LogP contribution in [0.15, 0.2) is 59.5 Å². The van der Waals surface area contributed by atoms with Crippen molar-refractivity contribution >= 4 is 41.2 Å². The van der Waals surface area contributed by atoms with E-state index in [9.17, 15) is 19.2 Å². The van der Waals surface area contributed by atoms with E-state index < -0.39 is 24.4 Å². The third kappa shape index (κ3) is 3.27. The third-order valence-corrected chi connectivity index (χ3v) is 5.68. The molecule has 8 heteroatoms. The molecule has 0 aromatic heterocycles. The van der Waals surface area contributed by atoms with Gasteiger partial charge in [-0.2, -0.15) is 0 Å². The average Bonchev–Trinajstić information content (AvgIpc) is 2.92. The molecule has 5 amide bonds. The number of thioether (sulfide) groups is 1. The molecule has 4 rings (SSSR count). The zero-order valence-corrected chi connectivity index (χ0v) is 15.7. The van der Waals surface area contributed by atoms with Gasteiger partial charge in [-0.1, -0.05) is 42.5 Å². The zero-order chi connectivity index (χ0) is 19.7. The van der Waals surface area contributed by atoms with Gasteiger partial charge in [-0.25, -0.2) is 9.69 Å². The summed E-state index contributed by atoms with van der Waals surface area (Å²) in [6, 6.07) is 15.7. The minimum Gasteiger partial charge on any atom is -0.309 e. The molecule has 0 spiro atoms. The highest BCUT2D eigenvalue weighted by Gasteiger charge is 2.45. The molecule has 2 aromatic carbocycles. The van der Waals surface area contributed by atoms with E-state index in [4.69, 9.17) is 0 Å². The van der Waals surface area contributed by atoms with Gasteiger partial charge in [0.2, 0.25) is 5.91 Å². The van der Waals surface area contributed by atoms with Crippen molar-refractivity contribution in [3.8, 4) is 0 Å². The Morgan fingerprint density at radius 2 is 1.57 bits per heavy atom. The average molecular weight is 395 g/mol. The highest BCUT2D eigenvalue weighted by molar-refractivity contribution is 7.99. The fourth-order valence-electron chi connectivity index (χ4n) is 3.24. The number of benzene rings is 2. The summed E-state index contributed by atoms with van der Waals surface area (Å²) in [5, 5.41) is 0. The number of fused-ring (bicyclic) bond motifs is 1. The third-order valence-electron chi connectivity index (χ3n) is 4.64. The molecule has 142 valence electrons. The van der Waals surface area contributed by atoms with Gasteiger partial charge in [-0.15, -0.1) is 11.8 Å². The van der Waals surface area contributed by atoms with Crippen molar-refractivity contribution < 1.29 is 19.2 Å². The second kappa shape index (κ2) is 7.47. The Morgan fingerprint density at radius 1 is 0.893 bits per heavy atom. The van der Waals surface area contributed by atoms with Gasteiger partial charge in [-0.3, -0.25) is 19.3 Å². The Balaban J connectivity index is 1.51. The normalized spacial score (nSPS) is 16.6. The molecule has 0 saturated carbocycles. The van der Waals surface area contributed by atoms with E-state index >= 15 is 0 Å². The number of rotatable bonds is 4. The van der Waals surface area contributed by atoms with Crippen LogP contribution in [0.3, 0.4) is 0 Å². The van der Waals surface area contributed by atoms with E-state index in [2.05, 4.69) is 0 Å². The molecule has 0 unspecified atom stereocenters. The van der Waals surface area contributed by atoms with Gasteiger partial charge in [0.05, 0.1) is 12.2 Å². The standard InChI is InChI=1S/C20H17N3O4S/c24-17(21-10-11-28-16-9-5-4-8-15(16)21)13-23-19(26)18(25)22(20(23)27)12-14-6-2-1-3-7-14/h1-9H,10-13H2. The first-order valence-corrected chi connectivity index (χ1v) is 9.78. The van der Waals surface area contributed by atoms with Crippen LogP contribution in [0.4, 0.5) is 10.5 Å². The van der Waals surface area contributed by atoms with Gasteiger partial charge in [-0.05, 0) is 17.7 Å². The highest BCUT2D eigenvalue weighted by Crippen LogP contribution is 2.34. The summed E-state index contributed by atoms with van der Waals surface area (Å²) >= 11 is 1.65. The van der Waals surface area contributed by atoms with Crippen molar-refractivity contribution in [2.24, 2.45) is 0 Å². The number of para-hydroxylation sites is 1. The molecule has 2 aliphatic rings. The molecule has 0 bridgehead atoms. The van der Waals surface area contributed by atoms with Crippen LogP contribution in [0.1, 0.15) is 5.56 Å². The van der Waals surface area contributed by atoms with E-state index in [-0.39, 0.29) is 12.5 Å². The van der Waals surface area contributed by atoms with E-state index in [0.717, 1.165) is 31.7 Å². The van der Waals surface area contributed by atoms with Gasteiger partial charge in [0.15, 0.2) is 0 Å². The molecule has 2 aromatic rings. The zero-order valence-electron chi connectivity index (χ0n) is 14.9. The summed E-state index contributed by atoms with van der Waals surface area (Å²) in [5.74, 6) is -1.53. The fourth-order valence-corrected chi connectivity index (χ4v) is 4.24. The molecule has 2 heterocycles. The van der Waals surface area contributed by atoms with Crippen LogP contribution in [0.25, 0.3) is 0 Å². The number of nitrogens with zero attached hydrogens (tertiary/aromatic N) is 3. The summed E-state index contributed by atoms with van der Waals surface area (Å²) in [6.45, 7) is 0.0320. The predicted molar refractivity (Wildman–Crippen MR) is 104 cm³/mol. The van der Waals surface area contributed by atoms with Crippen LogP contribution in [0.2, 0.25) is 0 Å². The Bertz CT molecular complexity index is 963. The van der Waals surface area contributed by atoms with Crippen molar-refractivity contribution in [2.45, 2.75) is 11.4 Å². The lowest BCUT2D eigenvalue weighted by Gasteiger charge is -2.29. The molecular weight excluding hydrogens is 378 g/mol. The van der Waals surface area contributed by atoms with Crippen molar-refractivity contribution in [3.05, 3.63) is 60.2 Å². The maximum Gasteiger partial charge on any atom is 0.335 e. The maximum atomic E-state index is 12.8. The van der Waals surface area contributed by atoms with Gasteiger partial charge in [0, 0.05) is 17.2 Å². The van der Waals surface area contributed by atoms with Gasteiger partial charge in [0.25, 0.3) is 0 Å². The highest BCUT2D eigenvalue weighted by atomic mass is 32.2. The lowest BCUT2D eigenvalue weighted by atomic mass is 10.2. The number of urea groups is 1. The Morgan fingerprint density at radius 3 is 2.36 bits per heavy atom. The molecule has 7 nitrogen and oxygen atoms in total. The fraction of sp³-hybridized carbons (Fsp3) is 0.200. The van der Waals surface area contributed by atoms with Crippen LogP contribution in [0.5, 0.6) is 0 Å². The molecule has 1 fully saturated rings. The van der Waals surface area contributed by atoms with Gasteiger partial charge < -0.3 is 4.90 Å². The minimum atomic E-state index is -0.964. The lowest BCUT2D eigenvalue weighted by molar-refractivity contribution is -0.144. The van der Waals surface area contributed by atoms with Crippen LogP contribution in [-0.2, 0) is 20.9 Å². The summed E-state index contributed by atoms with van der Waals surface area (Å²) in [4.78, 5) is 54.2. The first kappa shape index (κ1) is 18.2. The van der Waals surface area contributed by atoms with E-state index in [1.54, 1.807) is 40.9 Å². The SMILES string of the molecule is O=C1C(=O)N(Cc2ccccc2)C(=O)N1CC(=O)N1CCSc2ccccc21. The van der Waals surface area contributed by atoms with Crippen molar-refractivity contribution in [1.29, 1.82) is 0 Å². The van der Waals surface area contributed by atoms with E-state index in [1.165, 1.54) is 0 Å². The van der Waals surface area contributed by atoms with Gasteiger partial charge >= 0.3 is 17.8 Å². The monoisotopic (exact) mass is 395 g/mol. The molecule has 2 aliphatic heterocycles. The first-order chi connectivity index (χ1) is 13.6. The lowest BCUT2D eigenvalue weighted by Crippen LogP contribution is -2.45. The molecule has 28 heavy (non-hydrogen) atoms. The van der Waals surface area contributed by atoms with Gasteiger partial charge in [0.1, 0.15) is 6.54 Å². The number of anilines is 1. The summed E-state index contributed by atoms with van der Waals surface area (Å²) < 4.78 is 0. The largest absolute Gasteiger partial charge is 0.335 e. The maximum absolute atomic E-state index is 12.8. The van der Waals surface area contributed by atoms with Crippen LogP contribution in [0, 0.1) is 0 Å². The predicted octanol–water partition coefficient (Wildman–Crippen LogP) is 2.12.